The zero-order valence-corrected chi connectivity index (χ0v) is 14.1. The molecule has 0 radical (unpaired) electrons. The van der Waals surface area contributed by atoms with E-state index < -0.39 is 0 Å². The maximum atomic E-state index is 14.2. The van der Waals surface area contributed by atoms with Gasteiger partial charge in [0.25, 0.3) is 0 Å². The molecule has 2 aromatic heterocycles. The number of aromatic amines is 1. The summed E-state index contributed by atoms with van der Waals surface area (Å²) in [6.45, 7) is 0.358. The topological polar surface area (TPSA) is 59.9 Å². The average Bonchev–Trinajstić information content (AvgIpc) is 2.98. The van der Waals surface area contributed by atoms with Gasteiger partial charge in [-0.05, 0) is 29.8 Å². The maximum Gasteiger partial charge on any atom is 0.328 e. The lowest BCUT2D eigenvalue weighted by Gasteiger charge is -2.06. The van der Waals surface area contributed by atoms with Crippen LogP contribution >= 0.6 is 0 Å². The minimum absolute atomic E-state index is 0.285. The number of nitrogens with one attached hydrogen (secondary N) is 1. The number of ether oxygens (including phenoxy) is 1. The Morgan fingerprint density at radius 2 is 1.85 bits per heavy atom. The highest BCUT2D eigenvalue weighted by Crippen LogP contribution is 2.27. The Bertz CT molecular complexity index is 1130. The van der Waals surface area contributed by atoms with Crippen LogP contribution in [0.5, 0.6) is 5.75 Å². The number of fused-ring (bicyclic) bond motifs is 1. The summed E-state index contributed by atoms with van der Waals surface area (Å²) < 4.78 is 20.9. The van der Waals surface area contributed by atoms with Gasteiger partial charge in [0.05, 0.1) is 19.2 Å². The molecule has 0 bridgehead atoms. The molecule has 0 saturated heterocycles. The van der Waals surface area contributed by atoms with E-state index >= 15 is 0 Å². The number of pyridine rings is 1. The highest BCUT2D eigenvalue weighted by Gasteiger charge is 2.15. The summed E-state index contributed by atoms with van der Waals surface area (Å²) >= 11 is 0. The number of hydrogen-bond donors (Lipinski definition) is 1. The van der Waals surface area contributed by atoms with Crippen molar-refractivity contribution >= 4 is 11.2 Å². The van der Waals surface area contributed by atoms with E-state index in [1.54, 1.807) is 42.1 Å². The lowest BCUT2D eigenvalue weighted by atomic mass is 10.1. The van der Waals surface area contributed by atoms with Crippen LogP contribution < -0.4 is 10.4 Å². The molecule has 6 heteroatoms. The number of aromatic nitrogens is 3. The molecule has 0 saturated carbocycles. The van der Waals surface area contributed by atoms with Crippen molar-refractivity contribution in [3.8, 4) is 16.9 Å². The van der Waals surface area contributed by atoms with Gasteiger partial charge in [-0.2, -0.15) is 0 Å². The molecule has 0 aliphatic carbocycles. The van der Waals surface area contributed by atoms with Gasteiger partial charge in [-0.25, -0.2) is 14.2 Å². The van der Waals surface area contributed by atoms with Gasteiger partial charge < -0.3 is 9.72 Å². The number of imidazole rings is 1. The van der Waals surface area contributed by atoms with E-state index in [1.807, 2.05) is 24.3 Å². The molecule has 0 atom stereocenters. The summed E-state index contributed by atoms with van der Waals surface area (Å²) in [7, 11) is 1.60. The van der Waals surface area contributed by atoms with Crippen LogP contribution in [0.2, 0.25) is 0 Å². The van der Waals surface area contributed by atoms with Crippen LogP contribution in [0.25, 0.3) is 22.3 Å². The van der Waals surface area contributed by atoms with E-state index in [1.165, 1.54) is 6.07 Å². The number of rotatable bonds is 4. The molecule has 2 heterocycles. The standard InChI is InChI=1S/C20H16FN3O2/c1-26-14-8-6-13(7-9-14)12-24-19-18(23-20(24)25)16(10-11-22-19)15-4-2-3-5-17(15)21/h2-11H,12H2,1H3,(H,23,25). The highest BCUT2D eigenvalue weighted by molar-refractivity contribution is 5.89. The van der Waals surface area contributed by atoms with Crippen LogP contribution in [-0.4, -0.2) is 21.6 Å². The minimum atomic E-state index is -0.344. The van der Waals surface area contributed by atoms with Crippen LogP contribution in [-0.2, 0) is 6.54 Å². The summed E-state index contributed by atoms with van der Waals surface area (Å²) in [5.74, 6) is 0.406. The summed E-state index contributed by atoms with van der Waals surface area (Å²) in [4.78, 5) is 19.6. The SMILES string of the molecule is COc1ccc(Cn2c(=O)[nH]c3c(-c4ccccc4F)ccnc32)cc1. The molecular formula is C20H16FN3O2. The summed E-state index contributed by atoms with van der Waals surface area (Å²) in [6, 6.07) is 15.6. The van der Waals surface area contributed by atoms with Gasteiger partial charge >= 0.3 is 5.69 Å². The van der Waals surface area contributed by atoms with E-state index in [9.17, 15) is 9.18 Å². The molecule has 5 nitrogen and oxygen atoms in total. The number of nitrogens with zero attached hydrogens (tertiary/aromatic N) is 2. The van der Waals surface area contributed by atoms with Crippen LogP contribution in [0.1, 0.15) is 5.56 Å². The van der Waals surface area contributed by atoms with Crippen molar-refractivity contribution in [3.05, 3.63) is 82.7 Å². The van der Waals surface area contributed by atoms with Crippen molar-refractivity contribution in [2.45, 2.75) is 6.54 Å². The highest BCUT2D eigenvalue weighted by atomic mass is 19.1. The summed E-state index contributed by atoms with van der Waals surface area (Å²) in [5, 5.41) is 0. The number of halogens is 1. The Morgan fingerprint density at radius 1 is 1.08 bits per heavy atom. The molecule has 1 N–H and O–H groups in total. The van der Waals surface area contributed by atoms with E-state index in [-0.39, 0.29) is 11.5 Å². The smallest absolute Gasteiger partial charge is 0.328 e. The maximum absolute atomic E-state index is 14.2. The molecule has 26 heavy (non-hydrogen) atoms. The quantitative estimate of drug-likeness (QED) is 0.612. The van der Waals surface area contributed by atoms with E-state index in [4.69, 9.17) is 4.74 Å². The summed E-state index contributed by atoms with van der Waals surface area (Å²) in [5.41, 5.74) is 2.71. The Kier molecular flexibility index (Phi) is 4.01. The van der Waals surface area contributed by atoms with Crippen molar-refractivity contribution < 1.29 is 9.13 Å². The van der Waals surface area contributed by atoms with Crippen LogP contribution in [0, 0.1) is 5.82 Å². The third kappa shape index (κ3) is 2.75. The zero-order chi connectivity index (χ0) is 18.1. The fraction of sp³-hybridized carbons (Fsp3) is 0.100. The van der Waals surface area contributed by atoms with Crippen molar-refractivity contribution in [1.29, 1.82) is 0 Å². The molecule has 0 spiro atoms. The van der Waals surface area contributed by atoms with Gasteiger partial charge in [0.1, 0.15) is 11.6 Å². The number of benzene rings is 2. The summed E-state index contributed by atoms with van der Waals surface area (Å²) in [6.07, 6.45) is 1.59. The van der Waals surface area contributed by atoms with Crippen molar-refractivity contribution in [2.24, 2.45) is 0 Å². The number of hydrogen-bond acceptors (Lipinski definition) is 3. The van der Waals surface area contributed by atoms with Crippen molar-refractivity contribution in [3.63, 3.8) is 0 Å². The predicted octanol–water partition coefficient (Wildman–Crippen LogP) is 3.59. The molecule has 0 amide bonds. The predicted molar refractivity (Wildman–Crippen MR) is 97.8 cm³/mol. The first-order valence-corrected chi connectivity index (χ1v) is 8.13. The molecule has 0 unspecified atom stereocenters. The van der Waals surface area contributed by atoms with Crippen LogP contribution in [0.15, 0.2) is 65.6 Å². The molecule has 0 aliphatic heterocycles. The largest absolute Gasteiger partial charge is 0.497 e. The van der Waals surface area contributed by atoms with Gasteiger partial charge in [-0.15, -0.1) is 0 Å². The second kappa shape index (κ2) is 6.48. The average molecular weight is 349 g/mol. The third-order valence-electron chi connectivity index (χ3n) is 4.33. The lowest BCUT2D eigenvalue weighted by molar-refractivity contribution is 0.414. The van der Waals surface area contributed by atoms with Crippen molar-refractivity contribution in [2.75, 3.05) is 7.11 Å². The Morgan fingerprint density at radius 3 is 2.58 bits per heavy atom. The van der Waals surface area contributed by atoms with E-state index in [0.717, 1.165) is 11.3 Å². The molecule has 130 valence electrons. The second-order valence-corrected chi connectivity index (χ2v) is 5.90. The number of H-pyrrole nitrogens is 1. The van der Waals surface area contributed by atoms with Gasteiger partial charge in [0.15, 0.2) is 5.65 Å². The molecule has 4 aromatic rings. The first-order chi connectivity index (χ1) is 12.7. The Balaban J connectivity index is 1.82. The Hall–Kier alpha value is -3.41. The fourth-order valence-corrected chi connectivity index (χ4v) is 3.01. The first kappa shape index (κ1) is 16.1. The van der Waals surface area contributed by atoms with Crippen LogP contribution in [0.3, 0.4) is 0 Å². The first-order valence-electron chi connectivity index (χ1n) is 8.13. The molecule has 2 aromatic carbocycles. The molecule has 0 fully saturated rings. The number of methoxy groups -OCH3 is 1. The van der Waals surface area contributed by atoms with Gasteiger partial charge in [-0.3, -0.25) is 4.57 Å². The van der Waals surface area contributed by atoms with Crippen LogP contribution in [0.4, 0.5) is 4.39 Å². The minimum Gasteiger partial charge on any atom is -0.497 e. The van der Waals surface area contributed by atoms with Gasteiger partial charge in [0.2, 0.25) is 0 Å². The van der Waals surface area contributed by atoms with E-state index in [2.05, 4.69) is 9.97 Å². The fourth-order valence-electron chi connectivity index (χ4n) is 3.01. The van der Waals surface area contributed by atoms with Gasteiger partial charge in [-0.1, -0.05) is 30.3 Å². The van der Waals surface area contributed by atoms with E-state index in [0.29, 0.717) is 28.8 Å². The molecule has 0 aliphatic rings. The second-order valence-electron chi connectivity index (χ2n) is 5.90. The zero-order valence-electron chi connectivity index (χ0n) is 14.1. The lowest BCUT2D eigenvalue weighted by Crippen LogP contribution is -2.17. The van der Waals surface area contributed by atoms with Crippen molar-refractivity contribution in [1.82, 2.24) is 14.5 Å². The Labute approximate surface area is 148 Å². The monoisotopic (exact) mass is 349 g/mol. The molecule has 4 rings (SSSR count). The molecular weight excluding hydrogens is 333 g/mol. The van der Waals surface area contributed by atoms with Gasteiger partial charge in [0, 0.05) is 17.3 Å². The third-order valence-corrected chi connectivity index (χ3v) is 4.33. The normalized spacial score (nSPS) is 11.0.